The highest BCUT2D eigenvalue weighted by atomic mass is 31.2. The lowest BCUT2D eigenvalue weighted by molar-refractivity contribution is -0.161. The van der Waals surface area contributed by atoms with Crippen molar-refractivity contribution in [3.8, 4) is 0 Å². The van der Waals surface area contributed by atoms with Crippen molar-refractivity contribution in [1.29, 1.82) is 0 Å². The quantitative estimate of drug-likeness (QED) is 0.0222. The van der Waals surface area contributed by atoms with Gasteiger partial charge in [-0.15, -0.1) is 0 Å². The lowest BCUT2D eigenvalue weighted by Gasteiger charge is -2.21. The SMILES string of the molecule is CC(C)CCCCCCCCCCCCCCCC(=O)OC[C@H](COP(=O)(O)OC[C@@H](O)COP(=O)(O)OC[C@@H](COC(=O)CCCCCCCCCCCC(C)C)OC(=O)CCCCCCCCCCCC(C)C)OC(=O)CCCCCCCCCCCCCCCC(C)C. The molecule has 0 aliphatic heterocycles. The van der Waals surface area contributed by atoms with Crippen molar-refractivity contribution in [2.75, 3.05) is 39.6 Å². The standard InChI is InChI=1S/C77H150O17P2/c1-67(2)53-45-37-29-21-15-11-9-13-17-25-33-41-49-57-74(79)87-63-72(93-76(81)59-51-43-35-26-18-14-10-12-16-22-30-38-46-54-68(3)4)65-91-95(83,84)89-61-71(78)62-90-96(85,86)92-66-73(94-77(82)60-52-44-36-28-20-24-32-40-48-56-70(7)8)64-88-75(80)58-50-42-34-27-19-23-31-39-47-55-69(5)6/h67-73,78H,9-66H2,1-8H3,(H,83,84)(H,85,86)/t71-,72-,73-/m1/s1. The second-order valence-electron chi connectivity index (χ2n) is 29.7. The summed E-state index contributed by atoms with van der Waals surface area (Å²) in [6.45, 7) is 14.2. The number of unbranched alkanes of at least 4 members (excludes halogenated alkanes) is 40. The Morgan fingerprint density at radius 1 is 0.260 bits per heavy atom. The van der Waals surface area contributed by atoms with Crippen molar-refractivity contribution in [3.63, 3.8) is 0 Å². The molecule has 0 radical (unpaired) electrons. The predicted molar refractivity (Wildman–Crippen MR) is 391 cm³/mol. The van der Waals surface area contributed by atoms with Crippen molar-refractivity contribution >= 4 is 39.5 Å². The zero-order chi connectivity index (χ0) is 71.0. The maximum atomic E-state index is 13.1. The van der Waals surface area contributed by atoms with E-state index in [1.165, 1.54) is 193 Å². The van der Waals surface area contributed by atoms with Gasteiger partial charge in [0.2, 0.25) is 0 Å². The Balaban J connectivity index is 5.26. The third-order valence-electron chi connectivity index (χ3n) is 17.8. The number of carbonyl (C=O) groups is 4. The van der Waals surface area contributed by atoms with Gasteiger partial charge in [-0.2, -0.15) is 0 Å². The maximum absolute atomic E-state index is 13.1. The number of carbonyl (C=O) groups excluding carboxylic acids is 4. The van der Waals surface area contributed by atoms with Crippen LogP contribution in [-0.2, 0) is 65.4 Å². The minimum atomic E-state index is -4.96. The van der Waals surface area contributed by atoms with E-state index in [2.05, 4.69) is 55.4 Å². The van der Waals surface area contributed by atoms with Crippen LogP contribution >= 0.6 is 15.6 Å². The first-order valence-corrected chi connectivity index (χ1v) is 42.7. The molecule has 5 atom stereocenters. The molecule has 0 saturated carbocycles. The first kappa shape index (κ1) is 94.1. The van der Waals surface area contributed by atoms with E-state index in [4.69, 9.17) is 37.0 Å². The first-order chi connectivity index (χ1) is 46.1. The zero-order valence-corrected chi connectivity index (χ0v) is 64.8. The van der Waals surface area contributed by atoms with Gasteiger partial charge in [-0.1, -0.05) is 338 Å². The van der Waals surface area contributed by atoms with E-state index < -0.39 is 97.5 Å². The molecule has 0 aromatic rings. The van der Waals surface area contributed by atoms with E-state index >= 15 is 0 Å². The molecule has 17 nitrogen and oxygen atoms in total. The van der Waals surface area contributed by atoms with Crippen LogP contribution in [0.3, 0.4) is 0 Å². The molecule has 96 heavy (non-hydrogen) atoms. The van der Waals surface area contributed by atoms with Gasteiger partial charge in [-0.25, -0.2) is 9.13 Å². The number of esters is 4. The predicted octanol–water partition coefficient (Wildman–Crippen LogP) is 22.4. The fraction of sp³-hybridized carbons (Fsp3) is 0.948. The monoisotopic (exact) mass is 1410 g/mol. The van der Waals surface area contributed by atoms with Crippen molar-refractivity contribution in [1.82, 2.24) is 0 Å². The van der Waals surface area contributed by atoms with Gasteiger partial charge in [-0.3, -0.25) is 37.3 Å². The molecule has 2 unspecified atom stereocenters. The largest absolute Gasteiger partial charge is 0.472 e. The number of aliphatic hydroxyl groups is 1. The average molecular weight is 1410 g/mol. The Bertz CT molecular complexity index is 1880. The van der Waals surface area contributed by atoms with Crippen molar-refractivity contribution in [2.24, 2.45) is 23.7 Å². The van der Waals surface area contributed by atoms with Crippen LogP contribution in [0.25, 0.3) is 0 Å². The molecule has 0 spiro atoms. The number of hydrogen-bond acceptors (Lipinski definition) is 15. The smallest absolute Gasteiger partial charge is 0.462 e. The van der Waals surface area contributed by atoms with E-state index in [-0.39, 0.29) is 25.7 Å². The highest BCUT2D eigenvalue weighted by Gasteiger charge is 2.30. The van der Waals surface area contributed by atoms with Gasteiger partial charge in [0, 0.05) is 25.7 Å². The van der Waals surface area contributed by atoms with Crippen LogP contribution in [0.2, 0.25) is 0 Å². The van der Waals surface area contributed by atoms with Crippen molar-refractivity contribution in [3.05, 3.63) is 0 Å². The van der Waals surface area contributed by atoms with Crippen LogP contribution in [0.15, 0.2) is 0 Å². The molecular weight excluding hydrogens is 1260 g/mol. The molecule has 3 N–H and O–H groups in total. The minimum absolute atomic E-state index is 0.105. The Morgan fingerprint density at radius 2 is 0.438 bits per heavy atom. The van der Waals surface area contributed by atoms with Crippen LogP contribution in [0.5, 0.6) is 0 Å². The van der Waals surface area contributed by atoms with Crippen molar-refractivity contribution < 1.29 is 80.2 Å². The summed E-state index contributed by atoms with van der Waals surface area (Å²) >= 11 is 0. The van der Waals surface area contributed by atoms with E-state index in [1.54, 1.807) is 0 Å². The molecule has 0 aliphatic rings. The van der Waals surface area contributed by atoms with Crippen LogP contribution in [0.1, 0.15) is 389 Å². The summed E-state index contributed by atoms with van der Waals surface area (Å²) in [6, 6.07) is 0. The van der Waals surface area contributed by atoms with Gasteiger partial charge >= 0.3 is 39.5 Å². The highest BCUT2D eigenvalue weighted by Crippen LogP contribution is 2.45. The number of hydrogen-bond donors (Lipinski definition) is 3. The summed E-state index contributed by atoms with van der Waals surface area (Å²) in [7, 11) is -9.92. The number of phosphoric ester groups is 2. The Morgan fingerprint density at radius 3 is 0.646 bits per heavy atom. The van der Waals surface area contributed by atoms with Gasteiger partial charge in [-0.05, 0) is 49.4 Å². The summed E-state index contributed by atoms with van der Waals surface area (Å²) in [5.41, 5.74) is 0. The van der Waals surface area contributed by atoms with Gasteiger partial charge < -0.3 is 33.8 Å². The second-order valence-corrected chi connectivity index (χ2v) is 32.6. The van der Waals surface area contributed by atoms with Gasteiger partial charge in [0.25, 0.3) is 0 Å². The van der Waals surface area contributed by atoms with Gasteiger partial charge in [0.15, 0.2) is 12.2 Å². The molecule has 0 saturated heterocycles. The summed E-state index contributed by atoms with van der Waals surface area (Å²) in [5, 5.41) is 10.6. The van der Waals surface area contributed by atoms with Gasteiger partial charge in [0.05, 0.1) is 26.4 Å². The molecule has 0 amide bonds. The molecule has 0 rings (SSSR count). The molecule has 0 bridgehead atoms. The molecule has 0 heterocycles. The van der Waals surface area contributed by atoms with E-state index in [0.717, 1.165) is 114 Å². The molecule has 19 heteroatoms. The molecule has 0 aromatic heterocycles. The lowest BCUT2D eigenvalue weighted by Crippen LogP contribution is -2.30. The number of phosphoric acid groups is 2. The first-order valence-electron chi connectivity index (χ1n) is 39.7. The Hall–Kier alpha value is -1.94. The third kappa shape index (κ3) is 70.5. The van der Waals surface area contributed by atoms with Crippen LogP contribution in [0.4, 0.5) is 0 Å². The summed E-state index contributed by atoms with van der Waals surface area (Å²) in [4.78, 5) is 72.9. The second kappa shape index (κ2) is 66.3. The van der Waals surface area contributed by atoms with Crippen LogP contribution in [-0.4, -0.2) is 96.7 Å². The van der Waals surface area contributed by atoms with E-state index in [0.29, 0.717) is 25.7 Å². The molecule has 0 aliphatic carbocycles. The van der Waals surface area contributed by atoms with Gasteiger partial charge in [0.1, 0.15) is 19.3 Å². The summed E-state index contributed by atoms with van der Waals surface area (Å²) in [6.07, 6.45) is 51.3. The molecule has 0 fully saturated rings. The number of aliphatic hydroxyl groups excluding tert-OH is 1. The fourth-order valence-electron chi connectivity index (χ4n) is 11.7. The Kier molecular flexibility index (Phi) is 65.0. The van der Waals surface area contributed by atoms with Crippen molar-refractivity contribution in [2.45, 2.75) is 408 Å². The molecule has 570 valence electrons. The fourth-order valence-corrected chi connectivity index (χ4v) is 13.3. The molecular formula is C77H150O17P2. The molecule has 0 aromatic carbocycles. The minimum Gasteiger partial charge on any atom is -0.462 e. The number of rotatable bonds is 74. The zero-order valence-electron chi connectivity index (χ0n) is 63.0. The Labute approximate surface area is 588 Å². The summed E-state index contributed by atoms with van der Waals surface area (Å²) in [5.74, 6) is 0.939. The number of ether oxygens (including phenoxy) is 4. The maximum Gasteiger partial charge on any atom is 0.472 e. The normalized spacial score (nSPS) is 14.1. The summed E-state index contributed by atoms with van der Waals surface area (Å²) < 4.78 is 68.6. The van der Waals surface area contributed by atoms with Crippen LogP contribution in [0, 0.1) is 23.7 Å². The highest BCUT2D eigenvalue weighted by molar-refractivity contribution is 7.47. The average Bonchev–Trinajstić information content (AvgIpc) is 1.11. The van der Waals surface area contributed by atoms with Crippen LogP contribution < -0.4 is 0 Å². The topological polar surface area (TPSA) is 237 Å². The third-order valence-corrected chi connectivity index (χ3v) is 19.7. The van der Waals surface area contributed by atoms with E-state index in [1.807, 2.05) is 0 Å². The van der Waals surface area contributed by atoms with E-state index in [9.17, 15) is 43.2 Å². The lowest BCUT2D eigenvalue weighted by atomic mass is 10.0.